The summed E-state index contributed by atoms with van der Waals surface area (Å²) in [4.78, 5) is 16.0. The minimum atomic E-state index is -0.136. The highest BCUT2D eigenvalue weighted by Crippen LogP contribution is 2.31. The van der Waals surface area contributed by atoms with E-state index in [0.29, 0.717) is 26.8 Å². The molecule has 0 bridgehead atoms. The lowest BCUT2D eigenvalue weighted by Gasteiger charge is -2.20. The van der Waals surface area contributed by atoms with Crippen LogP contribution in [-0.4, -0.2) is 41.9 Å². The van der Waals surface area contributed by atoms with Crippen molar-refractivity contribution >= 4 is 28.1 Å². The van der Waals surface area contributed by atoms with Gasteiger partial charge in [0.25, 0.3) is 5.56 Å². The van der Waals surface area contributed by atoms with Crippen LogP contribution < -0.4 is 24.5 Å². The predicted molar refractivity (Wildman–Crippen MR) is 124 cm³/mol. The number of hydrogen-bond donors (Lipinski definition) is 0. The van der Waals surface area contributed by atoms with E-state index in [-0.39, 0.29) is 5.56 Å². The lowest BCUT2D eigenvalue weighted by molar-refractivity contribution is 0.355. The van der Waals surface area contributed by atoms with Gasteiger partial charge in [-0.05, 0) is 55.8 Å². The number of benzene rings is 2. The fourth-order valence-electron chi connectivity index (χ4n) is 3.55. The van der Waals surface area contributed by atoms with Crippen LogP contribution in [0.25, 0.3) is 22.4 Å². The highest BCUT2D eigenvalue weighted by molar-refractivity contribution is 7.15. The predicted octanol–water partition coefficient (Wildman–Crippen LogP) is 3.23. The molecular formula is C23H24N4O3S. The molecule has 7 nitrogen and oxygen atoms in total. The Morgan fingerprint density at radius 2 is 1.71 bits per heavy atom. The Hall–Kier alpha value is -3.39. The van der Waals surface area contributed by atoms with Gasteiger partial charge in [-0.15, -0.1) is 10.2 Å². The molecule has 2 aromatic heterocycles. The summed E-state index contributed by atoms with van der Waals surface area (Å²) in [7, 11) is 3.15. The number of ether oxygens (including phenoxy) is 2. The lowest BCUT2D eigenvalue weighted by Crippen LogP contribution is -2.23. The second kappa shape index (κ2) is 8.77. The average Bonchev–Trinajstić information content (AvgIpc) is 3.35. The van der Waals surface area contributed by atoms with Crippen molar-refractivity contribution in [2.45, 2.75) is 13.8 Å². The molecule has 0 aliphatic carbocycles. The van der Waals surface area contributed by atoms with Gasteiger partial charge in [0.2, 0.25) is 4.96 Å². The number of fused-ring (bicyclic) bond motifs is 1. The number of aromatic nitrogens is 3. The topological polar surface area (TPSA) is 69.0 Å². The van der Waals surface area contributed by atoms with E-state index in [9.17, 15) is 4.79 Å². The first kappa shape index (κ1) is 20.9. The molecule has 0 saturated heterocycles. The standard InChI is InChI=1S/C23H24N4O3S/c1-5-26(6-2)17-10-7-15(8-11-17)13-20-22(28)27-21(24-25-23(27)31-20)16-9-12-18(29-3)19(14-16)30-4/h7-14H,5-6H2,1-4H3/b20-13-. The van der Waals surface area contributed by atoms with E-state index in [4.69, 9.17) is 9.47 Å². The maximum Gasteiger partial charge on any atom is 0.276 e. The third kappa shape index (κ3) is 3.86. The molecule has 0 N–H and O–H groups in total. The quantitative estimate of drug-likeness (QED) is 0.443. The Labute approximate surface area is 184 Å². The van der Waals surface area contributed by atoms with Crippen molar-refractivity contribution in [3.05, 3.63) is 62.9 Å². The van der Waals surface area contributed by atoms with E-state index in [0.717, 1.165) is 24.2 Å². The van der Waals surface area contributed by atoms with Crippen LogP contribution in [0.4, 0.5) is 5.69 Å². The first-order chi connectivity index (χ1) is 15.1. The Kier molecular flexibility index (Phi) is 5.90. The van der Waals surface area contributed by atoms with Crippen molar-refractivity contribution in [2.24, 2.45) is 0 Å². The number of rotatable bonds is 7. The van der Waals surface area contributed by atoms with E-state index in [1.807, 2.05) is 24.3 Å². The van der Waals surface area contributed by atoms with Gasteiger partial charge < -0.3 is 14.4 Å². The molecule has 4 aromatic rings. The van der Waals surface area contributed by atoms with E-state index in [1.165, 1.54) is 17.0 Å². The zero-order chi connectivity index (χ0) is 22.0. The molecule has 0 amide bonds. The summed E-state index contributed by atoms with van der Waals surface area (Å²) < 4.78 is 12.8. The van der Waals surface area contributed by atoms with Crippen LogP contribution in [0.2, 0.25) is 0 Å². The van der Waals surface area contributed by atoms with Crippen molar-refractivity contribution in [3.8, 4) is 22.9 Å². The summed E-state index contributed by atoms with van der Waals surface area (Å²) in [6, 6.07) is 13.6. The van der Waals surface area contributed by atoms with Crippen molar-refractivity contribution in [1.82, 2.24) is 14.6 Å². The smallest absolute Gasteiger partial charge is 0.276 e. The van der Waals surface area contributed by atoms with Gasteiger partial charge in [0.15, 0.2) is 17.3 Å². The van der Waals surface area contributed by atoms with E-state index < -0.39 is 0 Å². The third-order valence-electron chi connectivity index (χ3n) is 5.21. The zero-order valence-electron chi connectivity index (χ0n) is 18.0. The summed E-state index contributed by atoms with van der Waals surface area (Å²) in [6.07, 6.45) is 1.89. The molecule has 160 valence electrons. The van der Waals surface area contributed by atoms with E-state index >= 15 is 0 Å². The average molecular weight is 437 g/mol. The summed E-state index contributed by atoms with van der Waals surface area (Å²) in [5.74, 6) is 1.66. The van der Waals surface area contributed by atoms with Crippen LogP contribution >= 0.6 is 11.3 Å². The molecule has 2 aromatic carbocycles. The Morgan fingerprint density at radius 3 is 2.35 bits per heavy atom. The Bertz CT molecular complexity index is 1310. The first-order valence-electron chi connectivity index (χ1n) is 10.1. The van der Waals surface area contributed by atoms with Gasteiger partial charge in [-0.25, -0.2) is 4.40 Å². The molecule has 31 heavy (non-hydrogen) atoms. The van der Waals surface area contributed by atoms with Crippen molar-refractivity contribution in [3.63, 3.8) is 0 Å². The molecule has 0 atom stereocenters. The monoisotopic (exact) mass is 436 g/mol. The molecule has 0 spiro atoms. The van der Waals surface area contributed by atoms with Crippen molar-refractivity contribution in [2.75, 3.05) is 32.2 Å². The van der Waals surface area contributed by atoms with Gasteiger partial charge in [-0.2, -0.15) is 0 Å². The van der Waals surface area contributed by atoms with Crippen LogP contribution in [0.5, 0.6) is 11.5 Å². The van der Waals surface area contributed by atoms with E-state index in [1.54, 1.807) is 30.8 Å². The number of anilines is 1. The molecule has 8 heteroatoms. The van der Waals surface area contributed by atoms with E-state index in [2.05, 4.69) is 41.1 Å². The van der Waals surface area contributed by atoms with Gasteiger partial charge in [-0.3, -0.25) is 4.79 Å². The maximum atomic E-state index is 13.1. The summed E-state index contributed by atoms with van der Waals surface area (Å²) in [6.45, 7) is 6.19. The molecule has 2 heterocycles. The van der Waals surface area contributed by atoms with Crippen LogP contribution in [-0.2, 0) is 0 Å². The van der Waals surface area contributed by atoms with Gasteiger partial charge in [0.05, 0.1) is 18.8 Å². The molecule has 0 saturated carbocycles. The minimum absolute atomic E-state index is 0.136. The molecule has 0 fully saturated rings. The molecule has 0 unspecified atom stereocenters. The molecule has 0 aliphatic rings. The van der Waals surface area contributed by atoms with Crippen LogP contribution in [0.1, 0.15) is 19.4 Å². The SMILES string of the molecule is CCN(CC)c1ccc(/C=c2\sc3nnc(-c4ccc(OC)c(OC)c4)n3c2=O)cc1. The van der Waals surface area contributed by atoms with Crippen molar-refractivity contribution < 1.29 is 9.47 Å². The molecule has 0 aliphatic heterocycles. The minimum Gasteiger partial charge on any atom is -0.493 e. The summed E-state index contributed by atoms with van der Waals surface area (Å²) in [5.41, 5.74) is 2.74. The third-order valence-corrected chi connectivity index (χ3v) is 6.17. The van der Waals surface area contributed by atoms with Gasteiger partial charge in [0.1, 0.15) is 0 Å². The lowest BCUT2D eigenvalue weighted by atomic mass is 10.2. The summed E-state index contributed by atoms with van der Waals surface area (Å²) >= 11 is 1.33. The molecular weight excluding hydrogens is 412 g/mol. The second-order valence-corrected chi connectivity index (χ2v) is 7.90. The Morgan fingerprint density at radius 1 is 1.00 bits per heavy atom. The first-order valence-corrected chi connectivity index (χ1v) is 10.9. The van der Waals surface area contributed by atoms with Gasteiger partial charge in [0, 0.05) is 24.3 Å². The van der Waals surface area contributed by atoms with Crippen LogP contribution in [0, 0.1) is 0 Å². The highest BCUT2D eigenvalue weighted by atomic mass is 32.1. The van der Waals surface area contributed by atoms with Crippen LogP contribution in [0.3, 0.4) is 0 Å². The number of hydrogen-bond acceptors (Lipinski definition) is 7. The molecule has 4 rings (SSSR count). The number of methoxy groups -OCH3 is 2. The normalized spacial score (nSPS) is 11.8. The van der Waals surface area contributed by atoms with Crippen LogP contribution in [0.15, 0.2) is 47.3 Å². The maximum absolute atomic E-state index is 13.1. The molecule has 0 radical (unpaired) electrons. The Balaban J connectivity index is 1.75. The zero-order valence-corrected chi connectivity index (χ0v) is 18.8. The summed E-state index contributed by atoms with van der Waals surface area (Å²) in [5, 5.41) is 8.43. The fourth-order valence-corrected chi connectivity index (χ4v) is 4.46. The number of nitrogens with zero attached hydrogens (tertiary/aromatic N) is 4. The fraction of sp³-hybridized carbons (Fsp3) is 0.261. The van der Waals surface area contributed by atoms with Gasteiger partial charge in [-0.1, -0.05) is 23.5 Å². The van der Waals surface area contributed by atoms with Crippen molar-refractivity contribution in [1.29, 1.82) is 0 Å². The highest BCUT2D eigenvalue weighted by Gasteiger charge is 2.16. The largest absolute Gasteiger partial charge is 0.493 e. The number of thiazole rings is 1. The second-order valence-electron chi connectivity index (χ2n) is 6.89. The van der Waals surface area contributed by atoms with Gasteiger partial charge >= 0.3 is 0 Å².